The molecule has 2 atom stereocenters. The topological polar surface area (TPSA) is 192 Å². The van der Waals surface area contributed by atoms with Crippen molar-refractivity contribution in [1.82, 2.24) is 19.9 Å². The minimum Gasteiger partial charge on any atom is -0.632 e. The minimum atomic E-state index is -0.995. The molecule has 0 fully saturated rings. The summed E-state index contributed by atoms with van der Waals surface area (Å²) in [4.78, 5) is 54.3. The Morgan fingerprint density at radius 3 is 2.16 bits per heavy atom. The van der Waals surface area contributed by atoms with Gasteiger partial charge in [-0.05, 0) is 36.5 Å². The number of methoxy groups -OCH3 is 2. The van der Waals surface area contributed by atoms with Crippen LogP contribution in [-0.4, -0.2) is 58.4 Å². The Labute approximate surface area is 245 Å². The second kappa shape index (κ2) is 18.4. The van der Waals surface area contributed by atoms with Gasteiger partial charge in [0, 0.05) is 16.8 Å². The first-order valence-electron chi connectivity index (χ1n) is 9.95. The summed E-state index contributed by atoms with van der Waals surface area (Å²) in [6, 6.07) is 9.79. The Bertz CT molecular complexity index is 1290. The zero-order valence-corrected chi connectivity index (χ0v) is 24.8. The molecule has 12 nitrogen and oxygen atoms in total. The monoisotopic (exact) mass is 628 g/mol. The van der Waals surface area contributed by atoms with Gasteiger partial charge in [-0.1, -0.05) is 12.0 Å². The number of fused-ring (bicyclic) bond motifs is 3. The SMILES string of the molecule is COC([NH-])=O.COC([NH-])=O.O=[C-]Pc1ncc(C#Cc2ccc3c(c2)CCc2[nH]c(P[C-]=O)nc2-3)[nH]1.[V+2].[V+2]. The number of rotatable bonds is 4. The number of benzene rings is 1. The molecule has 0 aliphatic heterocycles. The van der Waals surface area contributed by atoms with E-state index < -0.39 is 12.2 Å². The van der Waals surface area contributed by atoms with E-state index in [0.717, 1.165) is 49.6 Å². The molecule has 2 unspecified atom stereocenters. The predicted molar refractivity (Wildman–Crippen MR) is 137 cm³/mol. The normalized spacial score (nSPS) is 10.5. The molecule has 1 aromatic carbocycles. The van der Waals surface area contributed by atoms with Crippen molar-refractivity contribution in [2.24, 2.45) is 0 Å². The second-order valence-corrected chi connectivity index (χ2v) is 8.47. The first-order chi connectivity index (χ1) is 17.3. The third-order valence-electron chi connectivity index (χ3n) is 4.41. The molecule has 2 aromatic heterocycles. The van der Waals surface area contributed by atoms with Crippen molar-refractivity contribution >= 4 is 52.5 Å². The van der Waals surface area contributed by atoms with E-state index in [0.29, 0.717) is 16.8 Å². The molecule has 0 saturated carbocycles. The van der Waals surface area contributed by atoms with Crippen molar-refractivity contribution < 1.29 is 65.8 Å². The molecule has 4 N–H and O–H groups in total. The fraction of sp³-hybridized carbons (Fsp3) is 0.182. The first kappa shape index (κ1) is 35.1. The number of hydrogen-bond acceptors (Lipinski definition) is 8. The van der Waals surface area contributed by atoms with E-state index in [1.165, 1.54) is 5.56 Å². The molecule has 3 aromatic rings. The molecular formula is C22H20N6O6P2V2. The average molecular weight is 628 g/mol. The second-order valence-electron chi connectivity index (χ2n) is 6.62. The van der Waals surface area contributed by atoms with Crippen molar-refractivity contribution in [3.63, 3.8) is 0 Å². The average Bonchev–Trinajstić information content (AvgIpc) is 3.50. The van der Waals surface area contributed by atoms with E-state index in [4.69, 9.17) is 11.5 Å². The van der Waals surface area contributed by atoms with Crippen LogP contribution < -0.4 is 11.1 Å². The van der Waals surface area contributed by atoms with Crippen molar-refractivity contribution in [2.75, 3.05) is 14.2 Å². The third-order valence-corrected chi connectivity index (χ3v) is 5.58. The molecular weight excluding hydrogens is 608 g/mol. The summed E-state index contributed by atoms with van der Waals surface area (Å²) in [5, 5.41) is 0. The summed E-state index contributed by atoms with van der Waals surface area (Å²) in [6.45, 7) is 0. The Morgan fingerprint density at radius 1 is 0.974 bits per heavy atom. The largest absolute Gasteiger partial charge is 2.00 e. The van der Waals surface area contributed by atoms with Gasteiger partial charge in [0.1, 0.15) is 5.69 Å². The van der Waals surface area contributed by atoms with Gasteiger partial charge in [-0.15, -0.1) is 0 Å². The Balaban J connectivity index is 0.000000984. The molecule has 1 aliphatic rings. The van der Waals surface area contributed by atoms with Crippen molar-refractivity contribution in [3.8, 4) is 23.1 Å². The van der Waals surface area contributed by atoms with E-state index in [9.17, 15) is 19.2 Å². The number of H-pyrrole nitrogens is 2. The van der Waals surface area contributed by atoms with Crippen LogP contribution in [0.1, 0.15) is 22.5 Å². The summed E-state index contributed by atoms with van der Waals surface area (Å²) in [5.41, 5.74) is 19.1. The molecule has 194 valence electrons. The number of carbonyl (C=O) groups is 2. The van der Waals surface area contributed by atoms with E-state index in [-0.39, 0.29) is 54.3 Å². The number of nitrogens with zero attached hydrogens (tertiary/aromatic N) is 2. The summed E-state index contributed by atoms with van der Waals surface area (Å²) in [5.74, 6) is 6.15. The molecule has 2 heterocycles. The van der Waals surface area contributed by atoms with Crippen LogP contribution in [0, 0.1) is 11.8 Å². The van der Waals surface area contributed by atoms with Crippen LogP contribution in [0.4, 0.5) is 9.59 Å². The summed E-state index contributed by atoms with van der Waals surface area (Å²) in [6.07, 6.45) is 1.39. The summed E-state index contributed by atoms with van der Waals surface area (Å²) >= 11 is 0. The van der Waals surface area contributed by atoms with Crippen LogP contribution in [0.3, 0.4) is 0 Å². The number of nitrogens with one attached hydrogen (secondary N) is 4. The van der Waals surface area contributed by atoms with E-state index >= 15 is 0 Å². The molecule has 0 bridgehead atoms. The first-order valence-corrected chi connectivity index (χ1v) is 12.0. The summed E-state index contributed by atoms with van der Waals surface area (Å²) in [7, 11) is 2.15. The van der Waals surface area contributed by atoms with E-state index in [1.807, 2.05) is 24.2 Å². The van der Waals surface area contributed by atoms with E-state index in [2.05, 4.69) is 47.3 Å². The number of aromatic nitrogens is 4. The Morgan fingerprint density at radius 2 is 1.58 bits per heavy atom. The fourth-order valence-electron chi connectivity index (χ4n) is 2.93. The van der Waals surface area contributed by atoms with Crippen molar-refractivity contribution in [1.29, 1.82) is 0 Å². The maximum Gasteiger partial charge on any atom is 2.00 e. The smallest absolute Gasteiger partial charge is 0.632 e. The molecule has 4 rings (SSSR count). The van der Waals surface area contributed by atoms with Gasteiger partial charge in [-0.2, -0.15) is 17.2 Å². The van der Waals surface area contributed by atoms with Gasteiger partial charge < -0.3 is 40.5 Å². The zero-order chi connectivity index (χ0) is 26.5. The molecule has 1 aliphatic carbocycles. The van der Waals surface area contributed by atoms with Crippen LogP contribution in [0.15, 0.2) is 24.4 Å². The molecule has 0 spiro atoms. The van der Waals surface area contributed by atoms with Crippen molar-refractivity contribution in [3.05, 3.63) is 58.4 Å². The maximum absolute atomic E-state index is 10.6. The quantitative estimate of drug-likeness (QED) is 0.250. The van der Waals surface area contributed by atoms with Crippen LogP contribution in [0.2, 0.25) is 0 Å². The zero-order valence-electron chi connectivity index (χ0n) is 20.0. The fourth-order valence-corrected chi connectivity index (χ4v) is 3.83. The number of hydrogen-bond donors (Lipinski definition) is 2. The number of aromatic amines is 2. The summed E-state index contributed by atoms with van der Waals surface area (Å²) < 4.78 is 7.56. The molecule has 2 radical (unpaired) electrons. The Kier molecular flexibility index (Phi) is 17.0. The number of imidazole rings is 2. The van der Waals surface area contributed by atoms with Crippen LogP contribution >= 0.6 is 17.2 Å². The predicted octanol–water partition coefficient (Wildman–Crippen LogP) is 2.65. The Hall–Kier alpha value is -2.89. The molecule has 0 saturated heterocycles. The third kappa shape index (κ3) is 11.2. The number of carbonyl (C=O) groups excluding carboxylic acids is 4. The standard InChI is InChI=1S/C18H12N4O2P2.2C2H5NO2.2V/c23-9-25-17-19-8-13(20-17)4-1-11-2-5-14-12(7-11)3-6-15-16(14)22-18(21-15)26-10-24;2*1-5-2(3)4;;/h2,5,7-8,25-26H,3,6H2,(H,19,20)(H,21,22);2*1H3,(H2,3,4);;/q-2;;;2*+2/p-2. The minimum absolute atomic E-state index is 0. The van der Waals surface area contributed by atoms with E-state index in [1.54, 1.807) is 6.20 Å². The molecule has 16 heteroatoms. The van der Waals surface area contributed by atoms with Gasteiger partial charge in [0.15, 0.2) is 0 Å². The maximum atomic E-state index is 10.6. The number of aryl methyl sites for hydroxylation is 2. The molecule has 38 heavy (non-hydrogen) atoms. The van der Waals surface area contributed by atoms with Gasteiger partial charge in [0.05, 0.1) is 37.2 Å². The van der Waals surface area contributed by atoms with Crippen molar-refractivity contribution in [2.45, 2.75) is 12.8 Å². The van der Waals surface area contributed by atoms with Gasteiger partial charge in [0.2, 0.25) is 12.2 Å². The van der Waals surface area contributed by atoms with Gasteiger partial charge in [0.25, 0.3) is 0 Å². The van der Waals surface area contributed by atoms with Crippen LogP contribution in [0.25, 0.3) is 22.7 Å². The van der Waals surface area contributed by atoms with Crippen LogP contribution in [0.5, 0.6) is 0 Å². The van der Waals surface area contributed by atoms with Crippen LogP contribution in [-0.2, 0) is 69.0 Å². The van der Waals surface area contributed by atoms with Gasteiger partial charge in [-0.3, -0.25) is 9.59 Å². The number of ether oxygens (including phenoxy) is 2. The van der Waals surface area contributed by atoms with Gasteiger partial charge in [-0.25, -0.2) is 22.0 Å². The number of amides is 2. The molecule has 2 amide bonds. The van der Waals surface area contributed by atoms with Gasteiger partial charge >= 0.3 is 37.1 Å².